The van der Waals surface area contributed by atoms with E-state index < -0.39 is 12.3 Å². The summed E-state index contributed by atoms with van der Waals surface area (Å²) in [4.78, 5) is 27.7. The third-order valence-electron chi connectivity index (χ3n) is 7.39. The van der Waals surface area contributed by atoms with Gasteiger partial charge in [-0.2, -0.15) is 15.4 Å². The molecule has 0 spiro atoms. The predicted molar refractivity (Wildman–Crippen MR) is 117 cm³/mol. The number of allylic oxidation sites excluding steroid dienone is 3. The van der Waals surface area contributed by atoms with Crippen LogP contribution in [0.5, 0.6) is 0 Å². The van der Waals surface area contributed by atoms with Gasteiger partial charge in [0.15, 0.2) is 0 Å². The molecule has 1 aromatic heterocycles. The lowest BCUT2D eigenvalue weighted by molar-refractivity contribution is -0.130. The highest BCUT2D eigenvalue weighted by atomic mass is 16.3. The van der Waals surface area contributed by atoms with Crippen LogP contribution in [0, 0.1) is 5.92 Å². The number of hydrogen-bond donors (Lipinski definition) is 4. The van der Waals surface area contributed by atoms with Gasteiger partial charge in [0.25, 0.3) is 0 Å². The van der Waals surface area contributed by atoms with E-state index in [1.165, 1.54) is 18.4 Å². The van der Waals surface area contributed by atoms with Crippen molar-refractivity contribution in [3.05, 3.63) is 34.8 Å². The number of rotatable bonds is 6. The summed E-state index contributed by atoms with van der Waals surface area (Å²) in [5.74, 6) is 0.329. The second-order valence-electron chi connectivity index (χ2n) is 9.51. The molecule has 4 N–H and O–H groups in total. The molecule has 1 aromatic rings. The van der Waals surface area contributed by atoms with Crippen LogP contribution in [0.1, 0.15) is 69.9 Å². The van der Waals surface area contributed by atoms with Crippen LogP contribution in [0.2, 0.25) is 0 Å². The number of amides is 2. The lowest BCUT2D eigenvalue weighted by Crippen LogP contribution is -2.55. The van der Waals surface area contributed by atoms with E-state index in [2.05, 4.69) is 32.1 Å². The largest absolute Gasteiger partial charge is 0.371 e. The van der Waals surface area contributed by atoms with Gasteiger partial charge in [-0.1, -0.05) is 18.9 Å². The van der Waals surface area contributed by atoms with Gasteiger partial charge in [0.2, 0.25) is 11.8 Å². The molecule has 9 nitrogen and oxygen atoms in total. The minimum atomic E-state index is -0.929. The highest BCUT2D eigenvalue weighted by molar-refractivity contribution is 5.84. The van der Waals surface area contributed by atoms with Crippen LogP contribution in [0.4, 0.5) is 0 Å². The highest BCUT2D eigenvalue weighted by Crippen LogP contribution is 2.44. The van der Waals surface area contributed by atoms with Gasteiger partial charge < -0.3 is 20.6 Å². The van der Waals surface area contributed by atoms with Crippen molar-refractivity contribution in [3.8, 4) is 0 Å². The monoisotopic (exact) mass is 440 g/mol. The standard InChI is InChI=1S/C23H32N6O3/c30-20(10-14-4-1-2-5-14)26-18-9-8-15-6-3-7-16-11-19(29(21(15)16)23(18)32)22(31)24-12-17-13-25-28-27-17/h7,13-14,18-19,23,32H,1-6,8-12H2,(H,24,31)(H,26,30)(H,25,27,28). The fourth-order valence-corrected chi connectivity index (χ4v) is 5.80. The van der Waals surface area contributed by atoms with Crippen molar-refractivity contribution in [1.29, 1.82) is 0 Å². The van der Waals surface area contributed by atoms with Gasteiger partial charge in [-0.3, -0.25) is 9.59 Å². The van der Waals surface area contributed by atoms with E-state index in [9.17, 15) is 14.7 Å². The third-order valence-corrected chi connectivity index (χ3v) is 7.39. The Morgan fingerprint density at radius 3 is 2.84 bits per heavy atom. The number of aromatic nitrogens is 3. The van der Waals surface area contributed by atoms with E-state index in [-0.39, 0.29) is 24.4 Å². The lowest BCUT2D eigenvalue weighted by atomic mass is 9.92. The van der Waals surface area contributed by atoms with E-state index in [4.69, 9.17) is 0 Å². The van der Waals surface area contributed by atoms with Gasteiger partial charge in [-0.05, 0) is 55.6 Å². The average molecular weight is 441 g/mol. The molecule has 0 aromatic carbocycles. The maximum Gasteiger partial charge on any atom is 0.243 e. The van der Waals surface area contributed by atoms with Gasteiger partial charge >= 0.3 is 0 Å². The van der Waals surface area contributed by atoms with E-state index >= 15 is 0 Å². The first kappa shape index (κ1) is 21.2. The molecular weight excluding hydrogens is 408 g/mol. The number of nitrogens with one attached hydrogen (secondary N) is 3. The summed E-state index contributed by atoms with van der Waals surface area (Å²) in [7, 11) is 0. The molecule has 32 heavy (non-hydrogen) atoms. The zero-order valence-electron chi connectivity index (χ0n) is 18.3. The van der Waals surface area contributed by atoms with Crippen LogP contribution < -0.4 is 10.6 Å². The van der Waals surface area contributed by atoms with Crippen molar-refractivity contribution in [1.82, 2.24) is 30.9 Å². The number of carbonyl (C=O) groups excluding carboxylic acids is 2. The molecule has 0 radical (unpaired) electrons. The Labute approximate surface area is 187 Å². The molecule has 5 rings (SSSR count). The summed E-state index contributed by atoms with van der Waals surface area (Å²) in [5, 5.41) is 27.7. The van der Waals surface area contributed by atoms with Crippen LogP contribution in [0.15, 0.2) is 29.1 Å². The minimum Gasteiger partial charge on any atom is -0.371 e. The molecule has 172 valence electrons. The first-order valence-corrected chi connectivity index (χ1v) is 11.9. The van der Waals surface area contributed by atoms with Gasteiger partial charge in [0, 0.05) is 18.5 Å². The molecular formula is C23H32N6O3. The Hall–Kier alpha value is -2.68. The molecule has 2 aliphatic carbocycles. The molecule has 0 bridgehead atoms. The smallest absolute Gasteiger partial charge is 0.243 e. The molecule has 3 heterocycles. The summed E-state index contributed by atoms with van der Waals surface area (Å²) in [6, 6.07) is -0.890. The second-order valence-corrected chi connectivity index (χ2v) is 9.51. The first-order chi connectivity index (χ1) is 15.6. The highest BCUT2D eigenvalue weighted by Gasteiger charge is 2.46. The van der Waals surface area contributed by atoms with E-state index in [1.54, 1.807) is 6.20 Å². The average Bonchev–Trinajstić information content (AvgIpc) is 3.53. The Balaban J connectivity index is 1.32. The topological polar surface area (TPSA) is 123 Å². The number of aliphatic hydroxyl groups is 1. The summed E-state index contributed by atoms with van der Waals surface area (Å²) in [6.45, 7) is 0.280. The van der Waals surface area contributed by atoms with Crippen molar-refractivity contribution in [2.75, 3.05) is 0 Å². The van der Waals surface area contributed by atoms with Crippen molar-refractivity contribution < 1.29 is 14.7 Å². The molecule has 2 amide bonds. The third kappa shape index (κ3) is 4.18. The Morgan fingerprint density at radius 1 is 1.22 bits per heavy atom. The maximum absolute atomic E-state index is 13.1. The van der Waals surface area contributed by atoms with E-state index in [1.807, 2.05) is 4.90 Å². The van der Waals surface area contributed by atoms with Gasteiger partial charge in [-0.25, -0.2) is 0 Å². The zero-order valence-corrected chi connectivity index (χ0v) is 18.3. The Morgan fingerprint density at radius 2 is 2.06 bits per heavy atom. The molecule has 3 atom stereocenters. The maximum atomic E-state index is 13.1. The molecule has 1 saturated carbocycles. The van der Waals surface area contributed by atoms with Crippen LogP contribution in [0.25, 0.3) is 0 Å². The molecule has 2 aliphatic heterocycles. The zero-order chi connectivity index (χ0) is 22.1. The van der Waals surface area contributed by atoms with Crippen molar-refractivity contribution in [2.24, 2.45) is 5.92 Å². The van der Waals surface area contributed by atoms with Crippen molar-refractivity contribution in [2.45, 2.75) is 89.1 Å². The van der Waals surface area contributed by atoms with E-state index in [0.29, 0.717) is 30.9 Å². The summed E-state index contributed by atoms with van der Waals surface area (Å²) >= 11 is 0. The summed E-state index contributed by atoms with van der Waals surface area (Å²) < 4.78 is 0. The Kier molecular flexibility index (Phi) is 5.99. The normalized spacial score (nSPS) is 27.7. The fourth-order valence-electron chi connectivity index (χ4n) is 5.80. The molecule has 1 saturated heterocycles. The van der Waals surface area contributed by atoms with E-state index in [0.717, 1.165) is 43.4 Å². The second kappa shape index (κ2) is 9.05. The van der Waals surface area contributed by atoms with Crippen LogP contribution in [-0.2, 0) is 16.1 Å². The van der Waals surface area contributed by atoms with Crippen molar-refractivity contribution in [3.63, 3.8) is 0 Å². The van der Waals surface area contributed by atoms with Gasteiger partial charge in [-0.15, -0.1) is 0 Å². The fraction of sp³-hybridized carbons (Fsp3) is 0.652. The Bertz CT molecular complexity index is 918. The lowest BCUT2D eigenvalue weighted by Gasteiger charge is -2.35. The minimum absolute atomic E-state index is 0.0165. The van der Waals surface area contributed by atoms with Crippen LogP contribution >= 0.6 is 0 Å². The molecule has 4 aliphatic rings. The van der Waals surface area contributed by atoms with Crippen LogP contribution in [-0.4, -0.2) is 55.5 Å². The molecule has 9 heteroatoms. The first-order valence-electron chi connectivity index (χ1n) is 11.9. The number of aliphatic hydroxyl groups excluding tert-OH is 1. The summed E-state index contributed by atoms with van der Waals surface area (Å²) in [5.41, 5.74) is 4.12. The number of aromatic amines is 1. The number of H-pyrrole nitrogens is 1. The predicted octanol–water partition coefficient (Wildman–Crippen LogP) is 1.65. The van der Waals surface area contributed by atoms with Gasteiger partial charge in [0.1, 0.15) is 18.0 Å². The quantitative estimate of drug-likeness (QED) is 0.533. The van der Waals surface area contributed by atoms with Crippen molar-refractivity contribution >= 4 is 11.8 Å². The summed E-state index contributed by atoms with van der Waals surface area (Å²) in [6.07, 6.45) is 12.0. The van der Waals surface area contributed by atoms with Gasteiger partial charge in [0.05, 0.1) is 18.8 Å². The molecule has 2 fully saturated rings. The number of carbonyl (C=O) groups is 2. The van der Waals surface area contributed by atoms with Crippen LogP contribution in [0.3, 0.4) is 0 Å². The SMILES string of the molecule is O=C(CC1CCCC1)NC1CCC2=C3C(=CCC2)CC(C(=O)NCc2cn[nH]n2)N3C1O. The number of hydrogen-bond acceptors (Lipinski definition) is 6. The molecule has 3 unspecified atom stereocenters. The number of nitrogens with zero attached hydrogens (tertiary/aromatic N) is 3.